The lowest BCUT2D eigenvalue weighted by Crippen LogP contribution is -2.45. The Morgan fingerprint density at radius 2 is 1.67 bits per heavy atom. The molecule has 156 valence electrons. The summed E-state index contributed by atoms with van der Waals surface area (Å²) < 4.78 is 5.06. The van der Waals surface area contributed by atoms with Crippen LogP contribution in [0.25, 0.3) is 0 Å². The molecular weight excluding hydrogens is 396 g/mol. The van der Waals surface area contributed by atoms with Gasteiger partial charge in [0.05, 0.1) is 23.8 Å². The molecule has 0 saturated carbocycles. The smallest absolute Gasteiger partial charge is 0.202 e. The summed E-state index contributed by atoms with van der Waals surface area (Å²) >= 11 is 0. The van der Waals surface area contributed by atoms with E-state index in [4.69, 9.17) is 9.84 Å². The van der Waals surface area contributed by atoms with Crippen LogP contribution in [0.4, 0.5) is 0 Å². The number of fused-ring (bicyclic) bond motifs is 3. The van der Waals surface area contributed by atoms with Crippen LogP contribution in [-0.4, -0.2) is 62.2 Å². The molecule has 30 heavy (non-hydrogen) atoms. The topological polar surface area (TPSA) is 162 Å². The normalized spacial score (nSPS) is 19.7. The molecule has 0 amide bonds. The molecule has 9 heteroatoms. The van der Waals surface area contributed by atoms with Gasteiger partial charge in [-0.25, -0.2) is 0 Å². The fourth-order valence-corrected chi connectivity index (χ4v) is 4.28. The maximum absolute atomic E-state index is 13.2. The van der Waals surface area contributed by atoms with Gasteiger partial charge in [0, 0.05) is 23.1 Å². The summed E-state index contributed by atoms with van der Waals surface area (Å²) in [5, 5.41) is 51.3. The minimum absolute atomic E-state index is 0.0304. The lowest BCUT2D eigenvalue weighted by molar-refractivity contribution is -0.141. The van der Waals surface area contributed by atoms with Gasteiger partial charge < -0.3 is 30.3 Å². The molecule has 1 unspecified atom stereocenters. The van der Waals surface area contributed by atoms with Crippen LogP contribution < -0.4 is 4.74 Å². The van der Waals surface area contributed by atoms with Gasteiger partial charge in [0.2, 0.25) is 5.78 Å². The first-order valence-corrected chi connectivity index (χ1v) is 9.11. The summed E-state index contributed by atoms with van der Waals surface area (Å²) in [6.07, 6.45) is -0.647. The van der Waals surface area contributed by atoms with Gasteiger partial charge in [0.15, 0.2) is 23.1 Å². The molecule has 0 fully saturated rings. The fourth-order valence-electron chi connectivity index (χ4n) is 4.28. The quantitative estimate of drug-likeness (QED) is 0.381. The molecule has 4 rings (SSSR count). The highest BCUT2D eigenvalue weighted by molar-refractivity contribution is 6.31. The molecule has 2 aromatic carbocycles. The van der Waals surface area contributed by atoms with Crippen LogP contribution in [0.2, 0.25) is 0 Å². The van der Waals surface area contributed by atoms with Crippen molar-refractivity contribution in [3.8, 4) is 23.0 Å². The van der Waals surface area contributed by atoms with Crippen LogP contribution in [-0.2, 0) is 17.6 Å². The summed E-state index contributed by atoms with van der Waals surface area (Å²) in [4.78, 5) is 38.3. The minimum atomic E-state index is -1.96. The Balaban J connectivity index is 1.98. The number of aliphatic hydroxyl groups is 2. The Labute approximate surface area is 169 Å². The first-order chi connectivity index (χ1) is 14.2. The van der Waals surface area contributed by atoms with Crippen molar-refractivity contribution < 1.29 is 44.7 Å². The Hall–Kier alpha value is -3.43. The molecule has 0 heterocycles. The van der Waals surface area contributed by atoms with Crippen LogP contribution >= 0.6 is 0 Å². The van der Waals surface area contributed by atoms with Gasteiger partial charge in [0.1, 0.15) is 23.7 Å². The van der Waals surface area contributed by atoms with Crippen LogP contribution in [0, 0.1) is 0 Å². The number of aliphatic hydroxyl groups excluding tert-OH is 1. The lowest BCUT2D eigenvalue weighted by Gasteiger charge is -2.34. The Morgan fingerprint density at radius 1 is 1.03 bits per heavy atom. The monoisotopic (exact) mass is 414 g/mol. The first kappa shape index (κ1) is 19.9. The Morgan fingerprint density at radius 3 is 2.30 bits per heavy atom. The summed E-state index contributed by atoms with van der Waals surface area (Å²) in [5.74, 6) is -4.18. The predicted octanol–water partition coefficient (Wildman–Crippen LogP) is 0.369. The number of hydrogen-bond acceptors (Lipinski definition) is 9. The van der Waals surface area contributed by atoms with Crippen molar-refractivity contribution in [3.63, 3.8) is 0 Å². The summed E-state index contributed by atoms with van der Waals surface area (Å²) in [6, 6.07) is 2.37. The minimum Gasteiger partial charge on any atom is -0.507 e. The van der Waals surface area contributed by atoms with E-state index in [9.17, 15) is 34.8 Å². The van der Waals surface area contributed by atoms with E-state index in [2.05, 4.69) is 0 Å². The second-order valence-corrected chi connectivity index (χ2v) is 7.39. The Bertz CT molecular complexity index is 1150. The standard InChI is InChI=1S/C21H18O9/c1-30-20-11(23)3-2-9-13(20)19(28)15-14(17(9)26)18(27)10-6-21(29,12(24)7-22)5-4-8(10)16(15)25/h2-3,22-23,25,27,29H,4-7H2,1H3. The van der Waals surface area contributed by atoms with Gasteiger partial charge in [-0.05, 0) is 25.0 Å². The highest BCUT2D eigenvalue weighted by Gasteiger charge is 2.45. The van der Waals surface area contributed by atoms with Crippen LogP contribution in [0.1, 0.15) is 49.4 Å². The molecule has 1 atom stereocenters. The SMILES string of the molecule is COc1c(O)ccc2c1C(=O)c1c(O)c3c(c(O)c1C2=O)CC(O)(C(=O)CO)CC3. The van der Waals surface area contributed by atoms with Crippen molar-refractivity contribution in [1.82, 2.24) is 0 Å². The number of ether oxygens (including phenoxy) is 1. The van der Waals surface area contributed by atoms with Gasteiger partial charge >= 0.3 is 0 Å². The van der Waals surface area contributed by atoms with Crippen molar-refractivity contribution in [2.75, 3.05) is 13.7 Å². The number of aromatic hydroxyl groups is 3. The molecule has 2 aromatic rings. The van der Waals surface area contributed by atoms with Gasteiger partial charge in [0.25, 0.3) is 0 Å². The molecule has 2 aliphatic carbocycles. The number of phenols is 3. The highest BCUT2D eigenvalue weighted by atomic mass is 16.5. The summed E-state index contributed by atoms with van der Waals surface area (Å²) in [6.45, 7) is -0.905. The number of carbonyl (C=O) groups excluding carboxylic acids is 3. The van der Waals surface area contributed by atoms with Gasteiger partial charge in [-0.15, -0.1) is 0 Å². The summed E-state index contributed by atoms with van der Waals surface area (Å²) in [7, 11) is 1.21. The Kier molecular flexibility index (Phi) is 4.33. The van der Waals surface area contributed by atoms with Gasteiger partial charge in [-0.2, -0.15) is 0 Å². The van der Waals surface area contributed by atoms with E-state index >= 15 is 0 Å². The van der Waals surface area contributed by atoms with E-state index in [-0.39, 0.29) is 46.6 Å². The van der Waals surface area contributed by atoms with Gasteiger partial charge in [-0.1, -0.05) is 0 Å². The second-order valence-electron chi connectivity index (χ2n) is 7.39. The second kappa shape index (κ2) is 6.54. The third-order valence-electron chi connectivity index (χ3n) is 5.85. The van der Waals surface area contributed by atoms with Gasteiger partial charge in [-0.3, -0.25) is 14.4 Å². The number of ketones is 3. The lowest BCUT2D eigenvalue weighted by atomic mass is 9.73. The van der Waals surface area contributed by atoms with E-state index < -0.39 is 58.6 Å². The number of phenolic OH excluding ortho intramolecular Hbond substituents is 3. The third kappa shape index (κ3) is 2.45. The number of hydrogen-bond donors (Lipinski definition) is 5. The van der Waals surface area contributed by atoms with Crippen LogP contribution in [0.5, 0.6) is 23.0 Å². The summed E-state index contributed by atoms with van der Waals surface area (Å²) in [5.41, 5.74) is -3.10. The molecule has 0 radical (unpaired) electrons. The average Bonchev–Trinajstić information content (AvgIpc) is 2.73. The largest absolute Gasteiger partial charge is 0.507 e. The average molecular weight is 414 g/mol. The number of benzene rings is 2. The number of carbonyl (C=O) groups is 3. The molecule has 0 aliphatic heterocycles. The van der Waals surface area contributed by atoms with E-state index in [0.29, 0.717) is 0 Å². The van der Waals surface area contributed by atoms with E-state index in [0.717, 1.165) is 0 Å². The van der Waals surface area contributed by atoms with E-state index in [1.54, 1.807) is 0 Å². The van der Waals surface area contributed by atoms with Crippen molar-refractivity contribution in [1.29, 1.82) is 0 Å². The molecule has 5 N–H and O–H groups in total. The molecule has 0 saturated heterocycles. The van der Waals surface area contributed by atoms with Crippen LogP contribution in [0.3, 0.4) is 0 Å². The van der Waals surface area contributed by atoms with E-state index in [1.165, 1.54) is 19.2 Å². The third-order valence-corrected chi connectivity index (χ3v) is 5.85. The van der Waals surface area contributed by atoms with E-state index in [1.807, 2.05) is 0 Å². The zero-order valence-electron chi connectivity index (χ0n) is 15.9. The van der Waals surface area contributed by atoms with Crippen molar-refractivity contribution in [2.24, 2.45) is 0 Å². The molecule has 0 bridgehead atoms. The molecule has 0 aromatic heterocycles. The zero-order chi connectivity index (χ0) is 22.0. The highest BCUT2D eigenvalue weighted by Crippen LogP contribution is 2.49. The zero-order valence-corrected chi connectivity index (χ0v) is 15.9. The molecule has 0 spiro atoms. The van der Waals surface area contributed by atoms with Crippen molar-refractivity contribution in [2.45, 2.75) is 24.9 Å². The van der Waals surface area contributed by atoms with Crippen molar-refractivity contribution in [3.05, 3.63) is 45.5 Å². The first-order valence-electron chi connectivity index (χ1n) is 9.11. The number of Topliss-reactive ketones (excluding diaryl/α,β-unsaturated/α-hetero) is 1. The number of methoxy groups -OCH3 is 1. The molecule has 2 aliphatic rings. The molecule has 9 nitrogen and oxygen atoms in total. The molecular formula is C21H18O9. The van der Waals surface area contributed by atoms with Crippen LogP contribution in [0.15, 0.2) is 12.1 Å². The number of rotatable bonds is 3. The fraction of sp³-hybridized carbons (Fsp3) is 0.286. The van der Waals surface area contributed by atoms with Crippen molar-refractivity contribution >= 4 is 17.3 Å². The predicted molar refractivity (Wildman–Crippen MR) is 100 cm³/mol. The maximum Gasteiger partial charge on any atom is 0.202 e. The maximum atomic E-state index is 13.2.